The summed E-state index contributed by atoms with van der Waals surface area (Å²) in [5, 5.41) is 0. The molecule has 0 saturated heterocycles. The van der Waals surface area contributed by atoms with E-state index < -0.39 is 0 Å². The zero-order chi connectivity index (χ0) is 9.78. The summed E-state index contributed by atoms with van der Waals surface area (Å²) in [6.07, 6.45) is 2.22. The van der Waals surface area contributed by atoms with Crippen molar-refractivity contribution >= 4 is 21.8 Å². The van der Waals surface area contributed by atoms with Crippen molar-refractivity contribution < 1.29 is 4.79 Å². The van der Waals surface area contributed by atoms with E-state index in [2.05, 4.69) is 36.4 Å². The monoisotopic (exact) mass is 233 g/mol. The van der Waals surface area contributed by atoms with Gasteiger partial charge in [0.25, 0.3) is 0 Å². The fourth-order valence-electron chi connectivity index (χ4n) is 0.840. The number of rotatable bonds is 5. The van der Waals surface area contributed by atoms with Gasteiger partial charge >= 0.3 is 0 Å². The highest BCUT2D eigenvalue weighted by Gasteiger charge is 2.19. The third kappa shape index (κ3) is 4.54. The van der Waals surface area contributed by atoms with Crippen molar-refractivity contribution in [2.45, 2.75) is 33.1 Å². The van der Waals surface area contributed by atoms with Gasteiger partial charge in [-0.05, 0) is 22.7 Å². The third-order valence-corrected chi connectivity index (χ3v) is 3.03. The second kappa shape index (κ2) is 4.65. The molecule has 0 aliphatic carbocycles. The van der Waals surface area contributed by atoms with E-state index in [1.165, 1.54) is 0 Å². The largest absolute Gasteiger partial charge is 0.370 e. The number of hydrogen-bond acceptors (Lipinski definition) is 1. The molecule has 0 rings (SSSR count). The Labute approximate surface area is 82.3 Å². The number of primary amides is 1. The lowest BCUT2D eigenvalue weighted by Crippen LogP contribution is -2.14. The van der Waals surface area contributed by atoms with Crippen molar-refractivity contribution in [3.63, 3.8) is 0 Å². The van der Waals surface area contributed by atoms with Crippen LogP contribution in [0, 0.1) is 5.41 Å². The fourth-order valence-corrected chi connectivity index (χ4v) is 1.04. The molecule has 0 saturated carbocycles. The second-order valence-corrected chi connectivity index (χ2v) is 4.57. The van der Waals surface area contributed by atoms with Crippen molar-refractivity contribution in [1.82, 2.24) is 0 Å². The summed E-state index contributed by atoms with van der Waals surface area (Å²) < 4.78 is 0.972. The van der Waals surface area contributed by atoms with E-state index in [4.69, 9.17) is 5.73 Å². The van der Waals surface area contributed by atoms with Gasteiger partial charge in [-0.1, -0.05) is 36.4 Å². The average molecular weight is 234 g/mol. The maximum absolute atomic E-state index is 10.4. The molecule has 3 heteroatoms. The molecule has 1 amide bonds. The Morgan fingerprint density at radius 1 is 1.58 bits per heavy atom. The third-order valence-electron chi connectivity index (χ3n) is 1.96. The van der Waals surface area contributed by atoms with Crippen LogP contribution in [-0.4, -0.2) is 5.91 Å². The molecule has 70 valence electrons. The predicted molar refractivity (Wildman–Crippen MR) is 54.9 cm³/mol. The summed E-state index contributed by atoms with van der Waals surface area (Å²) >= 11 is 3.35. The van der Waals surface area contributed by atoms with Crippen molar-refractivity contribution in [3.05, 3.63) is 11.1 Å². The van der Waals surface area contributed by atoms with Crippen LogP contribution in [0.25, 0.3) is 0 Å². The lowest BCUT2D eigenvalue weighted by atomic mass is 9.87. The summed E-state index contributed by atoms with van der Waals surface area (Å²) in [6, 6.07) is 0. The molecule has 0 aliphatic heterocycles. The van der Waals surface area contributed by atoms with E-state index in [1.54, 1.807) is 0 Å². The first-order valence-corrected chi connectivity index (χ1v) is 4.79. The molecule has 2 nitrogen and oxygen atoms in total. The van der Waals surface area contributed by atoms with E-state index in [0.29, 0.717) is 6.42 Å². The van der Waals surface area contributed by atoms with Gasteiger partial charge in [-0.3, -0.25) is 4.79 Å². The maximum Gasteiger partial charge on any atom is 0.217 e. The van der Waals surface area contributed by atoms with Crippen molar-refractivity contribution in [3.8, 4) is 0 Å². The molecule has 0 fully saturated rings. The van der Waals surface area contributed by atoms with Gasteiger partial charge in [-0.2, -0.15) is 0 Å². The highest BCUT2D eigenvalue weighted by atomic mass is 79.9. The summed E-state index contributed by atoms with van der Waals surface area (Å²) in [4.78, 5) is 10.4. The van der Waals surface area contributed by atoms with Gasteiger partial charge in [0.05, 0.1) is 0 Å². The van der Waals surface area contributed by atoms with Gasteiger partial charge in [0, 0.05) is 6.42 Å². The van der Waals surface area contributed by atoms with E-state index in [1.807, 2.05) is 0 Å². The van der Waals surface area contributed by atoms with Crippen LogP contribution < -0.4 is 5.73 Å². The zero-order valence-electron chi connectivity index (χ0n) is 7.69. The van der Waals surface area contributed by atoms with Crippen LogP contribution in [0.5, 0.6) is 0 Å². The van der Waals surface area contributed by atoms with E-state index in [0.717, 1.165) is 17.3 Å². The normalized spacial score (nSPS) is 11.2. The number of allylic oxidation sites excluding steroid dienone is 1. The number of amides is 1. The van der Waals surface area contributed by atoms with Crippen LogP contribution in [-0.2, 0) is 4.79 Å². The van der Waals surface area contributed by atoms with Crippen LogP contribution in [0.1, 0.15) is 33.1 Å². The van der Waals surface area contributed by atoms with Gasteiger partial charge in [-0.25, -0.2) is 0 Å². The molecular weight excluding hydrogens is 218 g/mol. The number of hydrogen-bond donors (Lipinski definition) is 1. The minimum atomic E-state index is -0.231. The van der Waals surface area contributed by atoms with Crippen LogP contribution in [0.2, 0.25) is 0 Å². The fraction of sp³-hybridized carbons (Fsp3) is 0.667. The maximum atomic E-state index is 10.4. The SMILES string of the molecule is C=C(Br)C(C)(C)CCCC(N)=O. The topological polar surface area (TPSA) is 43.1 Å². The highest BCUT2D eigenvalue weighted by molar-refractivity contribution is 9.11. The molecule has 0 bridgehead atoms. The first kappa shape index (κ1) is 11.7. The Bertz CT molecular complexity index is 187. The summed E-state index contributed by atoms with van der Waals surface area (Å²) in [5.41, 5.74) is 5.08. The van der Waals surface area contributed by atoms with Crippen molar-refractivity contribution in [2.75, 3.05) is 0 Å². The molecule has 2 N–H and O–H groups in total. The molecule has 0 aliphatic rings. The highest BCUT2D eigenvalue weighted by Crippen LogP contribution is 2.34. The Morgan fingerprint density at radius 3 is 2.42 bits per heavy atom. The lowest BCUT2D eigenvalue weighted by molar-refractivity contribution is -0.118. The minimum absolute atomic E-state index is 0.0510. The van der Waals surface area contributed by atoms with Crippen molar-refractivity contribution in [2.24, 2.45) is 11.1 Å². The zero-order valence-corrected chi connectivity index (χ0v) is 9.28. The average Bonchev–Trinajstić information content (AvgIpc) is 1.85. The van der Waals surface area contributed by atoms with Gasteiger partial charge in [-0.15, -0.1) is 0 Å². The standard InChI is InChI=1S/C9H16BrNO/c1-7(10)9(2,3)6-4-5-8(11)12/h1,4-6H2,2-3H3,(H2,11,12). The smallest absolute Gasteiger partial charge is 0.217 e. The van der Waals surface area contributed by atoms with Crippen LogP contribution in [0.3, 0.4) is 0 Å². The Morgan fingerprint density at radius 2 is 2.08 bits per heavy atom. The Hall–Kier alpha value is -0.310. The Balaban J connectivity index is 3.76. The van der Waals surface area contributed by atoms with Crippen LogP contribution in [0.15, 0.2) is 11.1 Å². The number of halogens is 1. The van der Waals surface area contributed by atoms with Crippen molar-refractivity contribution in [1.29, 1.82) is 0 Å². The molecule has 0 heterocycles. The first-order chi connectivity index (χ1) is 5.36. The van der Waals surface area contributed by atoms with Gasteiger partial charge in [0.2, 0.25) is 5.91 Å². The molecule has 0 atom stereocenters. The lowest BCUT2D eigenvalue weighted by Gasteiger charge is -2.23. The van der Waals surface area contributed by atoms with Gasteiger partial charge in [0.15, 0.2) is 0 Å². The van der Waals surface area contributed by atoms with E-state index in [-0.39, 0.29) is 11.3 Å². The number of nitrogens with two attached hydrogens (primary N) is 1. The molecule has 12 heavy (non-hydrogen) atoms. The minimum Gasteiger partial charge on any atom is -0.370 e. The van der Waals surface area contributed by atoms with Gasteiger partial charge in [0.1, 0.15) is 0 Å². The molecule has 0 aromatic heterocycles. The molecule has 0 spiro atoms. The summed E-state index contributed by atoms with van der Waals surface area (Å²) in [7, 11) is 0. The molecule has 0 radical (unpaired) electrons. The molecular formula is C9H16BrNO. The summed E-state index contributed by atoms with van der Waals surface area (Å²) in [6.45, 7) is 8.00. The molecule has 0 aromatic carbocycles. The molecule has 0 unspecified atom stereocenters. The summed E-state index contributed by atoms with van der Waals surface area (Å²) in [5.74, 6) is -0.231. The quantitative estimate of drug-likeness (QED) is 0.780. The Kier molecular flexibility index (Phi) is 4.53. The number of carbonyl (C=O) groups is 1. The second-order valence-electron chi connectivity index (χ2n) is 3.61. The van der Waals surface area contributed by atoms with Gasteiger partial charge < -0.3 is 5.73 Å². The van der Waals surface area contributed by atoms with E-state index in [9.17, 15) is 4.79 Å². The predicted octanol–water partition coefficient (Wildman–Crippen LogP) is 2.58. The van der Waals surface area contributed by atoms with Crippen LogP contribution in [0.4, 0.5) is 0 Å². The van der Waals surface area contributed by atoms with Crippen LogP contribution >= 0.6 is 15.9 Å². The number of carbonyl (C=O) groups excluding carboxylic acids is 1. The van der Waals surface area contributed by atoms with E-state index >= 15 is 0 Å². The first-order valence-electron chi connectivity index (χ1n) is 3.99. The molecule has 0 aromatic rings.